The van der Waals surface area contributed by atoms with Gasteiger partial charge in [-0.15, -0.1) is 22.0 Å². The molecular weight excluding hydrogens is 534 g/mol. The van der Waals surface area contributed by atoms with E-state index in [1.165, 1.54) is 16.7 Å². The number of carbonyl (C=O) groups is 2. The highest BCUT2D eigenvalue weighted by atomic mass is 32.2. The van der Waals surface area contributed by atoms with Crippen molar-refractivity contribution in [2.75, 3.05) is 18.8 Å². The molecule has 3 heterocycles. The molecule has 0 saturated carbocycles. The van der Waals surface area contributed by atoms with E-state index >= 15 is 0 Å². The first-order valence-corrected chi connectivity index (χ1v) is 14.0. The molecule has 2 aliphatic rings. The number of hydrogen-bond donors (Lipinski definition) is 6. The number of aliphatic hydroxyl groups excluding tert-OH is 1. The Morgan fingerprint density at radius 2 is 2.08 bits per heavy atom. The number of hydrogen-bond acceptors (Lipinski definition) is 11. The van der Waals surface area contributed by atoms with E-state index in [9.17, 15) is 28.2 Å². The summed E-state index contributed by atoms with van der Waals surface area (Å²) in [5.74, 6) is -1.49. The molecule has 2 aromatic rings. The number of fused-ring (bicyclic) bond motifs is 1. The highest BCUT2D eigenvalue weighted by molar-refractivity contribution is 8.01. The summed E-state index contributed by atoms with van der Waals surface area (Å²) in [5, 5.41) is 36.0. The third-order valence-electron chi connectivity index (χ3n) is 5.57. The Labute approximate surface area is 214 Å². The maximum absolute atomic E-state index is 13.0. The molecule has 6 N–H and O–H groups in total. The minimum absolute atomic E-state index is 0.0866. The zero-order valence-electron chi connectivity index (χ0n) is 18.5. The van der Waals surface area contributed by atoms with Gasteiger partial charge in [-0.2, -0.15) is 18.4 Å². The quantitative estimate of drug-likeness (QED) is 0.109. The van der Waals surface area contributed by atoms with E-state index in [-0.39, 0.29) is 36.1 Å². The van der Waals surface area contributed by atoms with Crippen LogP contribution in [0.5, 0.6) is 0 Å². The fraction of sp³-hybridized carbons (Fsp3) is 0.421. The van der Waals surface area contributed by atoms with Crippen LogP contribution in [0.2, 0.25) is 0 Å². The maximum Gasteiger partial charge on any atom is 0.352 e. The molecule has 0 bridgehead atoms. The number of aromatic nitrogens is 4. The molecule has 0 spiro atoms. The number of aromatic amines is 1. The number of aliphatic carboxylic acids is 1. The third-order valence-corrected chi connectivity index (χ3v) is 8.63. The number of carboxylic acid groups (broad SMARTS) is 1. The second kappa shape index (κ2) is 11.2. The molecule has 0 aliphatic carbocycles. The summed E-state index contributed by atoms with van der Waals surface area (Å²) in [6, 6.07) is 8.29. The number of β-lactam (4-membered cyclic amide) rings is 1. The van der Waals surface area contributed by atoms with Gasteiger partial charge < -0.3 is 15.5 Å². The number of nitrogens with one attached hydrogen (secondary N) is 3. The van der Waals surface area contributed by atoms with Crippen LogP contribution >= 0.6 is 23.5 Å². The normalized spacial score (nSPS) is 21.6. The van der Waals surface area contributed by atoms with Crippen molar-refractivity contribution in [3.05, 3.63) is 47.2 Å². The molecule has 194 valence electrons. The number of H-pyrrole nitrogens is 1. The van der Waals surface area contributed by atoms with E-state index in [2.05, 4.69) is 25.9 Å². The number of aliphatic hydroxyl groups is 1. The number of amides is 1. The van der Waals surface area contributed by atoms with Gasteiger partial charge in [-0.25, -0.2) is 4.79 Å². The van der Waals surface area contributed by atoms with Crippen LogP contribution in [0.15, 0.2) is 46.8 Å². The average molecular weight is 558 g/mol. The third kappa shape index (κ3) is 6.05. The average Bonchev–Trinajstić information content (AvgIpc) is 3.35. The number of nitrogens with zero attached hydrogens (tertiary/aromatic N) is 4. The Kier molecular flexibility index (Phi) is 8.28. The lowest BCUT2D eigenvalue weighted by molar-refractivity contribution is -0.149. The summed E-state index contributed by atoms with van der Waals surface area (Å²) in [6.45, 7) is -0.0732. The van der Waals surface area contributed by atoms with E-state index in [1.807, 2.05) is 10.8 Å². The lowest BCUT2D eigenvalue weighted by atomic mass is 10.00. The van der Waals surface area contributed by atoms with Gasteiger partial charge in [0.25, 0.3) is 0 Å². The predicted octanol–water partition coefficient (Wildman–Crippen LogP) is -0.611. The topological polar surface area (TPSA) is 211 Å². The molecule has 0 radical (unpaired) electrons. The fourth-order valence-corrected chi connectivity index (χ4v) is 6.87. The van der Waals surface area contributed by atoms with Crippen molar-refractivity contribution in [3.63, 3.8) is 0 Å². The number of tetrazole rings is 1. The molecule has 4 atom stereocenters. The van der Waals surface area contributed by atoms with Crippen LogP contribution in [0.4, 0.5) is 0 Å². The first-order valence-electron chi connectivity index (χ1n) is 10.7. The van der Waals surface area contributed by atoms with Crippen LogP contribution in [0.3, 0.4) is 0 Å². The van der Waals surface area contributed by atoms with Gasteiger partial charge in [0.15, 0.2) is 0 Å². The zero-order chi connectivity index (χ0) is 25.9. The van der Waals surface area contributed by atoms with Crippen molar-refractivity contribution in [1.29, 1.82) is 0 Å². The Balaban J connectivity index is 1.51. The lowest BCUT2D eigenvalue weighted by Gasteiger charge is -2.50. The summed E-state index contributed by atoms with van der Waals surface area (Å²) in [7, 11) is -4.44. The molecule has 4 rings (SSSR count). The SMILES string of the molecule is O=C(O)C1=C(C(CCNS(=O)(=O)O)Sc2nn[nH]n2)CS[C@H]2C(NCC(O)c3ccccc3)C(=O)N12. The Morgan fingerprint density at radius 1 is 1.33 bits per heavy atom. The predicted molar refractivity (Wildman–Crippen MR) is 129 cm³/mol. The Hall–Kier alpha value is -2.54. The summed E-state index contributed by atoms with van der Waals surface area (Å²) < 4.78 is 33.1. The van der Waals surface area contributed by atoms with Gasteiger partial charge in [0.05, 0.1) is 6.10 Å². The zero-order valence-corrected chi connectivity index (χ0v) is 21.0. The van der Waals surface area contributed by atoms with Crippen LogP contribution in [0, 0.1) is 0 Å². The summed E-state index contributed by atoms with van der Waals surface area (Å²) in [4.78, 5) is 26.5. The van der Waals surface area contributed by atoms with Crippen molar-refractivity contribution in [1.82, 2.24) is 35.6 Å². The molecule has 1 fully saturated rings. The number of carboxylic acids is 1. The summed E-state index contributed by atoms with van der Waals surface area (Å²) in [6.07, 6.45) is -0.749. The summed E-state index contributed by atoms with van der Waals surface area (Å²) >= 11 is 2.42. The molecule has 1 amide bonds. The summed E-state index contributed by atoms with van der Waals surface area (Å²) in [5.41, 5.74) is 0.906. The van der Waals surface area contributed by atoms with Gasteiger partial charge in [-0.1, -0.05) is 42.1 Å². The van der Waals surface area contributed by atoms with Crippen LogP contribution in [0.25, 0.3) is 0 Å². The number of thioether (sulfide) groups is 2. The first kappa shape index (κ1) is 26.5. The largest absolute Gasteiger partial charge is 0.477 e. The van der Waals surface area contributed by atoms with Crippen molar-refractivity contribution in [2.24, 2.45) is 0 Å². The van der Waals surface area contributed by atoms with Crippen molar-refractivity contribution >= 4 is 45.7 Å². The Morgan fingerprint density at radius 3 is 2.72 bits per heavy atom. The van der Waals surface area contributed by atoms with E-state index in [0.717, 1.165) is 11.8 Å². The van der Waals surface area contributed by atoms with Crippen LogP contribution < -0.4 is 10.0 Å². The van der Waals surface area contributed by atoms with Gasteiger partial charge in [0.1, 0.15) is 17.1 Å². The number of benzene rings is 1. The van der Waals surface area contributed by atoms with E-state index < -0.39 is 45.0 Å². The minimum atomic E-state index is -4.44. The lowest BCUT2D eigenvalue weighted by Crippen LogP contribution is -2.70. The fourth-order valence-electron chi connectivity index (χ4n) is 3.93. The van der Waals surface area contributed by atoms with E-state index in [1.54, 1.807) is 24.3 Å². The van der Waals surface area contributed by atoms with Gasteiger partial charge in [0, 0.05) is 24.1 Å². The second-order valence-corrected chi connectivity index (χ2v) is 11.4. The standard InChI is InChI=1S/C19H23N7O7S3/c27-12(10-4-2-1-3-5-10)8-20-14-16(28)26-15(18(29)30)11(9-34-17(14)26)13(6-7-21-36(31,32)33)35-19-22-24-25-23-19/h1-5,12-14,17,20-21,27H,6-9H2,(H,29,30)(H,31,32,33)(H,22,23,24,25)/t12?,13?,14?,17-/m0/s1. The van der Waals surface area contributed by atoms with Gasteiger partial charge in [-0.3, -0.25) is 14.2 Å². The number of carbonyl (C=O) groups excluding carboxylic acids is 1. The van der Waals surface area contributed by atoms with Gasteiger partial charge in [0.2, 0.25) is 11.1 Å². The van der Waals surface area contributed by atoms with E-state index in [4.69, 9.17) is 4.55 Å². The molecule has 1 saturated heterocycles. The molecule has 1 aromatic carbocycles. The molecule has 2 aliphatic heterocycles. The highest BCUT2D eigenvalue weighted by Gasteiger charge is 2.54. The first-order chi connectivity index (χ1) is 17.2. The van der Waals surface area contributed by atoms with Gasteiger partial charge >= 0.3 is 16.3 Å². The van der Waals surface area contributed by atoms with Crippen LogP contribution in [-0.4, -0.2) is 96.1 Å². The monoisotopic (exact) mass is 557 g/mol. The van der Waals surface area contributed by atoms with E-state index in [0.29, 0.717) is 11.1 Å². The number of rotatable bonds is 12. The molecule has 3 unspecified atom stereocenters. The second-order valence-electron chi connectivity index (χ2n) is 7.86. The van der Waals surface area contributed by atoms with Gasteiger partial charge in [-0.05, 0) is 22.8 Å². The van der Waals surface area contributed by atoms with Crippen molar-refractivity contribution in [3.8, 4) is 0 Å². The van der Waals surface area contributed by atoms with Crippen molar-refractivity contribution in [2.45, 2.75) is 34.3 Å². The molecule has 17 heteroatoms. The minimum Gasteiger partial charge on any atom is -0.477 e. The molecule has 14 nitrogen and oxygen atoms in total. The highest BCUT2D eigenvalue weighted by Crippen LogP contribution is 2.44. The molecular formula is C19H23N7O7S3. The Bertz CT molecular complexity index is 1230. The molecule has 36 heavy (non-hydrogen) atoms. The molecule has 1 aromatic heterocycles. The van der Waals surface area contributed by atoms with Crippen LogP contribution in [0.1, 0.15) is 18.1 Å². The maximum atomic E-state index is 13.0. The van der Waals surface area contributed by atoms with Crippen LogP contribution in [-0.2, 0) is 19.9 Å². The smallest absolute Gasteiger partial charge is 0.352 e. The van der Waals surface area contributed by atoms with Crippen molar-refractivity contribution < 1.29 is 32.8 Å².